The Hall–Kier alpha value is -1.95. The number of hydrogen-bond acceptors (Lipinski definition) is 3. The number of hydrogen-bond donors (Lipinski definition) is 1. The standard InChI is InChI=1S/C15H15F2NO2S/c1-10(12-8-7-11(16)9-13(12)17)18-14-5-3-4-6-15(14)21(2,19)20/h3-10,18H,1-2H3. The summed E-state index contributed by atoms with van der Waals surface area (Å²) in [5, 5.41) is 2.95. The predicted octanol–water partition coefficient (Wildman–Crippen LogP) is 3.54. The maximum absolute atomic E-state index is 13.7. The molecule has 0 radical (unpaired) electrons. The summed E-state index contributed by atoms with van der Waals surface area (Å²) < 4.78 is 50.1. The van der Waals surface area contributed by atoms with Gasteiger partial charge in [0.15, 0.2) is 9.84 Å². The number of rotatable bonds is 4. The second-order valence-electron chi connectivity index (χ2n) is 4.80. The van der Waals surface area contributed by atoms with Gasteiger partial charge in [-0.15, -0.1) is 0 Å². The molecule has 2 rings (SSSR count). The minimum Gasteiger partial charge on any atom is -0.377 e. The summed E-state index contributed by atoms with van der Waals surface area (Å²) in [6.07, 6.45) is 1.11. The number of sulfone groups is 1. The molecule has 0 aliphatic heterocycles. The molecule has 2 aromatic carbocycles. The molecular weight excluding hydrogens is 296 g/mol. The van der Waals surface area contributed by atoms with Crippen LogP contribution in [0.5, 0.6) is 0 Å². The topological polar surface area (TPSA) is 46.2 Å². The highest BCUT2D eigenvalue weighted by Gasteiger charge is 2.16. The molecule has 6 heteroatoms. The average molecular weight is 311 g/mol. The molecule has 2 aromatic rings. The van der Waals surface area contributed by atoms with Crippen LogP contribution in [0, 0.1) is 11.6 Å². The second-order valence-corrected chi connectivity index (χ2v) is 6.78. The van der Waals surface area contributed by atoms with E-state index in [9.17, 15) is 17.2 Å². The molecule has 1 unspecified atom stereocenters. The highest BCUT2D eigenvalue weighted by Crippen LogP contribution is 2.27. The van der Waals surface area contributed by atoms with Gasteiger partial charge in [0.1, 0.15) is 11.6 Å². The molecule has 1 N–H and O–H groups in total. The van der Waals surface area contributed by atoms with Crippen LogP contribution in [0.1, 0.15) is 18.5 Å². The van der Waals surface area contributed by atoms with Gasteiger partial charge in [-0.3, -0.25) is 0 Å². The SMILES string of the molecule is CC(Nc1ccccc1S(C)(=O)=O)c1ccc(F)cc1F. The molecular formula is C15H15F2NO2S. The lowest BCUT2D eigenvalue weighted by molar-refractivity contribution is 0.566. The van der Waals surface area contributed by atoms with Gasteiger partial charge in [0.05, 0.1) is 16.6 Å². The lowest BCUT2D eigenvalue weighted by Gasteiger charge is -2.18. The van der Waals surface area contributed by atoms with Crippen molar-refractivity contribution in [2.45, 2.75) is 17.9 Å². The summed E-state index contributed by atoms with van der Waals surface area (Å²) in [6.45, 7) is 1.68. The zero-order chi connectivity index (χ0) is 15.6. The third-order valence-electron chi connectivity index (χ3n) is 3.09. The fourth-order valence-corrected chi connectivity index (χ4v) is 2.93. The molecule has 0 spiro atoms. The normalized spacial score (nSPS) is 13.0. The monoisotopic (exact) mass is 311 g/mol. The molecule has 0 aliphatic rings. The molecule has 21 heavy (non-hydrogen) atoms. The first-order chi connectivity index (χ1) is 9.79. The van der Waals surface area contributed by atoms with Gasteiger partial charge in [0.25, 0.3) is 0 Å². The summed E-state index contributed by atoms with van der Waals surface area (Å²) in [6, 6.07) is 9.18. The van der Waals surface area contributed by atoms with Gasteiger partial charge < -0.3 is 5.32 Å². The van der Waals surface area contributed by atoms with Crippen molar-refractivity contribution in [2.75, 3.05) is 11.6 Å². The summed E-state index contributed by atoms with van der Waals surface area (Å²) in [5.41, 5.74) is 0.649. The van der Waals surface area contributed by atoms with E-state index in [1.807, 2.05) is 0 Å². The second kappa shape index (κ2) is 5.81. The van der Waals surface area contributed by atoms with E-state index in [0.717, 1.165) is 12.3 Å². The Balaban J connectivity index is 2.34. The predicted molar refractivity (Wildman–Crippen MR) is 77.9 cm³/mol. The molecule has 0 heterocycles. The van der Waals surface area contributed by atoms with Crippen LogP contribution in [0.3, 0.4) is 0 Å². The third-order valence-corrected chi connectivity index (χ3v) is 4.24. The van der Waals surface area contributed by atoms with Crippen LogP contribution in [-0.2, 0) is 9.84 Å². The van der Waals surface area contributed by atoms with E-state index in [1.165, 1.54) is 18.2 Å². The van der Waals surface area contributed by atoms with E-state index in [1.54, 1.807) is 25.1 Å². The molecule has 112 valence electrons. The third kappa shape index (κ3) is 3.58. The van der Waals surface area contributed by atoms with Crippen LogP contribution in [0.2, 0.25) is 0 Å². The summed E-state index contributed by atoms with van der Waals surface area (Å²) in [5.74, 6) is -1.33. The quantitative estimate of drug-likeness (QED) is 0.939. The maximum Gasteiger partial charge on any atom is 0.177 e. The smallest absolute Gasteiger partial charge is 0.177 e. The minimum absolute atomic E-state index is 0.138. The van der Waals surface area contributed by atoms with Crippen LogP contribution >= 0.6 is 0 Å². The Kier molecular flexibility index (Phi) is 4.27. The number of halogens is 2. The molecule has 0 aromatic heterocycles. The van der Waals surface area contributed by atoms with Crippen molar-refractivity contribution in [3.63, 3.8) is 0 Å². The summed E-state index contributed by atoms with van der Waals surface area (Å²) in [7, 11) is -3.39. The Bertz CT molecular complexity index is 760. The maximum atomic E-state index is 13.7. The first kappa shape index (κ1) is 15.4. The van der Waals surface area contributed by atoms with Crippen molar-refractivity contribution in [3.05, 3.63) is 59.7 Å². The Morgan fingerprint density at radius 1 is 1.10 bits per heavy atom. The van der Waals surface area contributed by atoms with Gasteiger partial charge >= 0.3 is 0 Å². The summed E-state index contributed by atoms with van der Waals surface area (Å²) >= 11 is 0. The van der Waals surface area contributed by atoms with Crippen LogP contribution < -0.4 is 5.32 Å². The molecule has 3 nitrogen and oxygen atoms in total. The Morgan fingerprint density at radius 2 is 1.76 bits per heavy atom. The largest absolute Gasteiger partial charge is 0.377 e. The van der Waals surface area contributed by atoms with E-state index < -0.39 is 27.5 Å². The first-order valence-corrected chi connectivity index (χ1v) is 8.19. The van der Waals surface area contributed by atoms with E-state index in [2.05, 4.69) is 5.32 Å². The fraction of sp³-hybridized carbons (Fsp3) is 0.200. The van der Waals surface area contributed by atoms with Gasteiger partial charge in [-0.1, -0.05) is 18.2 Å². The zero-order valence-electron chi connectivity index (χ0n) is 11.6. The molecule has 1 atom stereocenters. The lowest BCUT2D eigenvalue weighted by atomic mass is 10.1. The van der Waals surface area contributed by atoms with Gasteiger partial charge in [-0.2, -0.15) is 0 Å². The van der Waals surface area contributed by atoms with Crippen molar-refractivity contribution >= 4 is 15.5 Å². The molecule has 0 amide bonds. The highest BCUT2D eigenvalue weighted by molar-refractivity contribution is 7.90. The van der Waals surface area contributed by atoms with Gasteiger partial charge in [-0.25, -0.2) is 17.2 Å². The zero-order valence-corrected chi connectivity index (χ0v) is 12.4. The van der Waals surface area contributed by atoms with E-state index in [0.29, 0.717) is 5.69 Å². The summed E-state index contributed by atoms with van der Waals surface area (Å²) in [4.78, 5) is 0.138. The Morgan fingerprint density at radius 3 is 2.38 bits per heavy atom. The highest BCUT2D eigenvalue weighted by atomic mass is 32.2. The van der Waals surface area contributed by atoms with E-state index in [4.69, 9.17) is 0 Å². The van der Waals surface area contributed by atoms with Crippen molar-refractivity contribution < 1.29 is 17.2 Å². The van der Waals surface area contributed by atoms with Crippen molar-refractivity contribution in [1.29, 1.82) is 0 Å². The van der Waals surface area contributed by atoms with Gasteiger partial charge in [-0.05, 0) is 25.1 Å². The van der Waals surface area contributed by atoms with Crippen LogP contribution in [0.15, 0.2) is 47.4 Å². The van der Waals surface area contributed by atoms with Crippen LogP contribution in [-0.4, -0.2) is 14.7 Å². The van der Waals surface area contributed by atoms with Gasteiger partial charge in [0.2, 0.25) is 0 Å². The van der Waals surface area contributed by atoms with Crippen LogP contribution in [0.4, 0.5) is 14.5 Å². The molecule has 0 saturated carbocycles. The number of para-hydroxylation sites is 1. The molecule has 0 fully saturated rings. The number of anilines is 1. The molecule has 0 aliphatic carbocycles. The average Bonchev–Trinajstić information content (AvgIpc) is 2.37. The molecule has 0 bridgehead atoms. The number of nitrogens with one attached hydrogen (secondary N) is 1. The lowest BCUT2D eigenvalue weighted by Crippen LogP contribution is -2.11. The van der Waals surface area contributed by atoms with Crippen molar-refractivity contribution in [2.24, 2.45) is 0 Å². The first-order valence-electron chi connectivity index (χ1n) is 6.29. The Labute approximate surface area is 122 Å². The molecule has 0 saturated heterocycles. The fourth-order valence-electron chi connectivity index (χ4n) is 2.07. The van der Waals surface area contributed by atoms with Gasteiger partial charge in [0, 0.05) is 17.9 Å². The van der Waals surface area contributed by atoms with Crippen molar-refractivity contribution in [1.82, 2.24) is 0 Å². The van der Waals surface area contributed by atoms with E-state index in [-0.39, 0.29) is 10.5 Å². The van der Waals surface area contributed by atoms with Crippen LogP contribution in [0.25, 0.3) is 0 Å². The van der Waals surface area contributed by atoms with E-state index >= 15 is 0 Å². The number of benzene rings is 2. The van der Waals surface area contributed by atoms with Crippen molar-refractivity contribution in [3.8, 4) is 0 Å². The minimum atomic E-state index is -3.39.